The van der Waals surface area contributed by atoms with E-state index in [-0.39, 0.29) is 5.91 Å². The van der Waals surface area contributed by atoms with E-state index in [1.54, 1.807) is 11.8 Å². The third kappa shape index (κ3) is 5.11. The van der Waals surface area contributed by atoms with Crippen LogP contribution in [0.5, 0.6) is 0 Å². The van der Waals surface area contributed by atoms with Crippen LogP contribution >= 0.6 is 11.8 Å². The quantitative estimate of drug-likeness (QED) is 0.384. The molecule has 1 N–H and O–H groups in total. The zero-order valence-electron chi connectivity index (χ0n) is 19.4. The first-order chi connectivity index (χ1) is 16.7. The van der Waals surface area contributed by atoms with Gasteiger partial charge in [-0.25, -0.2) is 4.98 Å². The summed E-state index contributed by atoms with van der Waals surface area (Å²) < 4.78 is 2.03. The van der Waals surface area contributed by atoms with Crippen LogP contribution in [0.2, 0.25) is 0 Å². The first-order valence-electron chi connectivity index (χ1n) is 11.7. The minimum atomic E-state index is -0.0865. The summed E-state index contributed by atoms with van der Waals surface area (Å²) in [6, 6.07) is 21.9. The lowest BCUT2D eigenvalue weighted by atomic mass is 10.1. The van der Waals surface area contributed by atoms with Gasteiger partial charge >= 0.3 is 0 Å². The summed E-state index contributed by atoms with van der Waals surface area (Å²) in [7, 11) is 0. The third-order valence-electron chi connectivity index (χ3n) is 6.23. The largest absolute Gasteiger partial charge is 0.367 e. The highest BCUT2D eigenvalue weighted by Crippen LogP contribution is 2.28. The number of amides is 1. The highest BCUT2D eigenvalue weighted by Gasteiger charge is 2.19. The van der Waals surface area contributed by atoms with Crippen LogP contribution in [0.1, 0.15) is 23.0 Å². The molecule has 0 aliphatic carbocycles. The molecule has 1 aliphatic rings. The lowest BCUT2D eigenvalue weighted by Gasteiger charge is -2.36. The fraction of sp³-hybridized carbons (Fsp3) is 0.259. The molecule has 7 heteroatoms. The molecule has 2 aromatic carbocycles. The van der Waals surface area contributed by atoms with Crippen LogP contribution in [0.25, 0.3) is 5.65 Å². The van der Waals surface area contributed by atoms with Crippen molar-refractivity contribution in [1.82, 2.24) is 14.3 Å². The van der Waals surface area contributed by atoms with E-state index in [9.17, 15) is 4.79 Å². The van der Waals surface area contributed by atoms with Crippen molar-refractivity contribution in [3.8, 4) is 0 Å². The van der Waals surface area contributed by atoms with Gasteiger partial charge in [0.05, 0.1) is 17.1 Å². The monoisotopic (exact) mass is 471 g/mol. The first-order valence-corrected chi connectivity index (χ1v) is 12.7. The van der Waals surface area contributed by atoms with Crippen LogP contribution < -0.4 is 10.2 Å². The lowest BCUT2D eigenvalue weighted by molar-refractivity contribution is 0.102. The van der Waals surface area contributed by atoms with Gasteiger partial charge in [0.2, 0.25) is 0 Å². The standard InChI is InChI=1S/C27H29N5OS/c1-2-30-15-17-31(18-16-30)25-8-4-3-7-24(25)29-27(33)21-10-12-23(13-11-21)34-20-22-19-32-14-6-5-9-26(32)28-22/h3-14,19H,2,15-18,20H2,1H3,(H,29,33). The predicted octanol–water partition coefficient (Wildman–Crippen LogP) is 5.02. The number of hydrogen-bond acceptors (Lipinski definition) is 5. The maximum absolute atomic E-state index is 13.0. The molecule has 6 nitrogen and oxygen atoms in total. The van der Waals surface area contributed by atoms with Gasteiger partial charge in [-0.05, 0) is 55.1 Å². The second-order valence-electron chi connectivity index (χ2n) is 8.40. The van der Waals surface area contributed by atoms with E-state index in [0.717, 1.165) is 66.1 Å². The van der Waals surface area contributed by atoms with E-state index in [1.165, 1.54) is 0 Å². The SMILES string of the molecule is CCN1CCN(c2ccccc2NC(=O)c2ccc(SCc3cn4ccccc4n3)cc2)CC1. The molecule has 0 saturated carbocycles. The molecular formula is C27H29N5OS. The topological polar surface area (TPSA) is 52.9 Å². The molecule has 5 rings (SSSR count). The Bertz CT molecular complexity index is 1230. The molecule has 0 bridgehead atoms. The smallest absolute Gasteiger partial charge is 0.255 e. The Kier molecular flexibility index (Phi) is 6.83. The third-order valence-corrected chi connectivity index (χ3v) is 7.28. The van der Waals surface area contributed by atoms with E-state index < -0.39 is 0 Å². The molecule has 174 valence electrons. The van der Waals surface area contributed by atoms with Crippen molar-refractivity contribution in [3.63, 3.8) is 0 Å². The van der Waals surface area contributed by atoms with Gasteiger partial charge in [-0.15, -0.1) is 11.8 Å². The maximum atomic E-state index is 13.0. The molecule has 1 saturated heterocycles. The number of carbonyl (C=O) groups excluding carboxylic acids is 1. The van der Waals surface area contributed by atoms with Crippen molar-refractivity contribution in [2.45, 2.75) is 17.6 Å². The Balaban J connectivity index is 1.21. The van der Waals surface area contributed by atoms with E-state index in [0.29, 0.717) is 5.56 Å². The molecule has 0 unspecified atom stereocenters. The normalized spacial score (nSPS) is 14.4. The number of piperazine rings is 1. The zero-order valence-corrected chi connectivity index (χ0v) is 20.2. The van der Waals surface area contributed by atoms with Gasteiger partial charge in [0.15, 0.2) is 0 Å². The van der Waals surface area contributed by atoms with Gasteiger partial charge in [0.1, 0.15) is 5.65 Å². The molecular weight excluding hydrogens is 442 g/mol. The number of carbonyl (C=O) groups is 1. The summed E-state index contributed by atoms with van der Waals surface area (Å²) in [4.78, 5) is 23.6. The Morgan fingerprint density at radius 1 is 0.971 bits per heavy atom. The summed E-state index contributed by atoms with van der Waals surface area (Å²) in [6.45, 7) is 7.32. The van der Waals surface area contributed by atoms with Crippen LogP contribution in [0, 0.1) is 0 Å². The van der Waals surface area contributed by atoms with Gasteiger partial charge in [-0.1, -0.05) is 25.1 Å². The average molecular weight is 472 g/mol. The number of fused-ring (bicyclic) bond motifs is 1. The number of benzene rings is 2. The Labute approximate surface area is 204 Å². The number of hydrogen-bond donors (Lipinski definition) is 1. The molecule has 4 aromatic rings. The van der Waals surface area contributed by atoms with Crippen LogP contribution in [0.15, 0.2) is 84.0 Å². The van der Waals surface area contributed by atoms with Crippen molar-refractivity contribution in [1.29, 1.82) is 0 Å². The van der Waals surface area contributed by atoms with Crippen molar-refractivity contribution in [2.24, 2.45) is 0 Å². The fourth-order valence-corrected chi connectivity index (χ4v) is 5.05. The Morgan fingerprint density at radius 3 is 2.50 bits per heavy atom. The molecule has 1 aliphatic heterocycles. The average Bonchev–Trinajstić information content (AvgIpc) is 3.31. The van der Waals surface area contributed by atoms with Gasteiger partial charge < -0.3 is 19.5 Å². The molecule has 2 aromatic heterocycles. The predicted molar refractivity (Wildman–Crippen MR) is 140 cm³/mol. The van der Waals surface area contributed by atoms with E-state index in [1.807, 2.05) is 71.3 Å². The maximum Gasteiger partial charge on any atom is 0.255 e. The number of rotatable bonds is 7. The zero-order chi connectivity index (χ0) is 23.3. The molecule has 0 atom stereocenters. The molecule has 0 radical (unpaired) electrons. The second kappa shape index (κ2) is 10.3. The number of pyridine rings is 1. The molecule has 3 heterocycles. The van der Waals surface area contributed by atoms with Crippen molar-refractivity contribution in [3.05, 3.63) is 90.4 Å². The first kappa shape index (κ1) is 22.5. The van der Waals surface area contributed by atoms with Gasteiger partial charge in [0.25, 0.3) is 5.91 Å². The van der Waals surface area contributed by atoms with Crippen LogP contribution in [0.3, 0.4) is 0 Å². The lowest BCUT2D eigenvalue weighted by Crippen LogP contribution is -2.46. The fourth-order valence-electron chi connectivity index (χ4n) is 4.27. The van der Waals surface area contributed by atoms with Gasteiger partial charge in [0, 0.05) is 54.8 Å². The molecule has 0 spiro atoms. The van der Waals surface area contributed by atoms with Crippen molar-refractivity contribution in [2.75, 3.05) is 42.9 Å². The number of thioether (sulfide) groups is 1. The van der Waals surface area contributed by atoms with Gasteiger partial charge in [-0.2, -0.15) is 0 Å². The molecule has 1 amide bonds. The summed E-state index contributed by atoms with van der Waals surface area (Å²) >= 11 is 1.72. The van der Waals surface area contributed by atoms with Crippen LogP contribution in [-0.4, -0.2) is 52.9 Å². The van der Waals surface area contributed by atoms with Gasteiger partial charge in [-0.3, -0.25) is 4.79 Å². The minimum Gasteiger partial charge on any atom is -0.367 e. The van der Waals surface area contributed by atoms with Crippen molar-refractivity contribution < 1.29 is 4.79 Å². The number of aromatic nitrogens is 2. The number of likely N-dealkylation sites (N-methyl/N-ethyl adjacent to an activating group) is 1. The Morgan fingerprint density at radius 2 is 1.74 bits per heavy atom. The van der Waals surface area contributed by atoms with Crippen LogP contribution in [0.4, 0.5) is 11.4 Å². The summed E-state index contributed by atoms with van der Waals surface area (Å²) in [6.07, 6.45) is 4.07. The highest BCUT2D eigenvalue weighted by atomic mass is 32.2. The number of nitrogens with zero attached hydrogens (tertiary/aromatic N) is 4. The summed E-state index contributed by atoms with van der Waals surface area (Å²) in [5.74, 6) is 0.697. The number of para-hydroxylation sites is 2. The van der Waals surface area contributed by atoms with E-state index in [2.05, 4.69) is 39.3 Å². The number of nitrogens with one attached hydrogen (secondary N) is 1. The number of imidazole rings is 1. The van der Waals surface area contributed by atoms with E-state index in [4.69, 9.17) is 0 Å². The minimum absolute atomic E-state index is 0.0865. The van der Waals surface area contributed by atoms with E-state index >= 15 is 0 Å². The highest BCUT2D eigenvalue weighted by molar-refractivity contribution is 7.98. The molecule has 1 fully saturated rings. The Hall–Kier alpha value is -3.29. The molecule has 34 heavy (non-hydrogen) atoms. The van der Waals surface area contributed by atoms with Crippen LogP contribution in [-0.2, 0) is 5.75 Å². The second-order valence-corrected chi connectivity index (χ2v) is 9.45. The number of anilines is 2. The summed E-state index contributed by atoms with van der Waals surface area (Å²) in [5, 5.41) is 3.13. The summed E-state index contributed by atoms with van der Waals surface area (Å²) in [5.41, 5.74) is 4.60. The van der Waals surface area contributed by atoms with Crippen molar-refractivity contribution >= 4 is 34.7 Å².